The molecule has 0 spiro atoms. The molecule has 2 aromatic rings. The third-order valence-electron chi connectivity index (χ3n) is 3.46. The second kappa shape index (κ2) is 7.01. The summed E-state index contributed by atoms with van der Waals surface area (Å²) in [5.41, 5.74) is 4.33. The molecule has 0 fully saturated rings. The molecule has 0 amide bonds. The van der Waals surface area contributed by atoms with E-state index in [0.717, 1.165) is 11.4 Å². The van der Waals surface area contributed by atoms with E-state index in [2.05, 4.69) is 55.8 Å². The van der Waals surface area contributed by atoms with Crippen molar-refractivity contribution in [3.8, 4) is 0 Å². The summed E-state index contributed by atoms with van der Waals surface area (Å²) in [6.45, 7) is 8.66. The number of rotatable bonds is 4. The third kappa shape index (κ3) is 3.90. The molecule has 0 aromatic heterocycles. The van der Waals surface area contributed by atoms with Gasteiger partial charge in [0.1, 0.15) is 6.01 Å². The van der Waals surface area contributed by atoms with E-state index in [4.69, 9.17) is 0 Å². The van der Waals surface area contributed by atoms with Gasteiger partial charge in [-0.3, -0.25) is 0 Å². The average Bonchev–Trinajstić information content (AvgIpc) is 2.48. The molecule has 0 heterocycles. The minimum absolute atomic E-state index is 0.440. The molecule has 108 valence electrons. The van der Waals surface area contributed by atoms with Gasteiger partial charge in [-0.25, -0.2) is 0 Å². The van der Waals surface area contributed by atoms with Crippen LogP contribution in [0.15, 0.2) is 58.5 Å². The van der Waals surface area contributed by atoms with Crippen LogP contribution in [0.2, 0.25) is 0 Å². The Kier molecular flexibility index (Phi) is 5.08. The van der Waals surface area contributed by atoms with Gasteiger partial charge in [-0.15, -0.1) is 0 Å². The molecule has 0 N–H and O–H groups in total. The Balaban J connectivity index is 2.34. The van der Waals surface area contributed by atoms with E-state index in [9.17, 15) is 0 Å². The van der Waals surface area contributed by atoms with Gasteiger partial charge < -0.3 is 0 Å². The molecule has 0 radical (unpaired) electrons. The zero-order valence-electron chi connectivity index (χ0n) is 13.2. The van der Waals surface area contributed by atoms with Gasteiger partial charge in [0.2, 0.25) is 0 Å². The molecular formula is C19H22N2. The molecule has 0 unspecified atom stereocenters. The molecule has 2 rings (SSSR count). The van der Waals surface area contributed by atoms with Crippen LogP contribution in [0.4, 0.5) is 11.4 Å². The minimum atomic E-state index is 0.440. The van der Waals surface area contributed by atoms with Crippen molar-refractivity contribution in [2.24, 2.45) is 9.98 Å². The fourth-order valence-corrected chi connectivity index (χ4v) is 2.29. The van der Waals surface area contributed by atoms with Crippen LogP contribution in [0.3, 0.4) is 0 Å². The first kappa shape index (κ1) is 15.2. The molecular weight excluding hydrogens is 256 g/mol. The Morgan fingerprint density at radius 2 is 1.05 bits per heavy atom. The van der Waals surface area contributed by atoms with Crippen molar-refractivity contribution in [1.82, 2.24) is 0 Å². The topological polar surface area (TPSA) is 24.7 Å². The first-order chi connectivity index (χ1) is 10.1. The number of para-hydroxylation sites is 2. The van der Waals surface area contributed by atoms with Crippen molar-refractivity contribution in [2.45, 2.75) is 39.5 Å². The minimum Gasteiger partial charge on any atom is -0.187 e. The van der Waals surface area contributed by atoms with Crippen LogP contribution >= 0.6 is 0 Å². The number of benzene rings is 2. The number of hydrogen-bond donors (Lipinski definition) is 0. The first-order valence-electron chi connectivity index (χ1n) is 7.44. The average molecular weight is 278 g/mol. The van der Waals surface area contributed by atoms with Crippen molar-refractivity contribution >= 4 is 17.4 Å². The summed E-state index contributed by atoms with van der Waals surface area (Å²) in [5, 5.41) is 0. The van der Waals surface area contributed by atoms with Gasteiger partial charge in [0.25, 0.3) is 0 Å². The van der Waals surface area contributed by atoms with E-state index >= 15 is 0 Å². The van der Waals surface area contributed by atoms with Crippen LogP contribution in [-0.4, -0.2) is 6.01 Å². The molecule has 0 saturated carbocycles. The van der Waals surface area contributed by atoms with Crippen molar-refractivity contribution < 1.29 is 0 Å². The van der Waals surface area contributed by atoms with Crippen LogP contribution in [0.1, 0.15) is 50.7 Å². The van der Waals surface area contributed by atoms with Crippen LogP contribution < -0.4 is 0 Å². The summed E-state index contributed by atoms with van der Waals surface area (Å²) < 4.78 is 0. The van der Waals surface area contributed by atoms with Crippen LogP contribution in [0, 0.1) is 0 Å². The highest BCUT2D eigenvalue weighted by molar-refractivity contribution is 5.62. The predicted octanol–water partition coefficient (Wildman–Crippen LogP) is 6.07. The van der Waals surface area contributed by atoms with E-state index < -0.39 is 0 Å². The van der Waals surface area contributed by atoms with Gasteiger partial charge >= 0.3 is 0 Å². The first-order valence-corrected chi connectivity index (χ1v) is 7.44. The second-order valence-corrected chi connectivity index (χ2v) is 5.75. The molecule has 2 nitrogen and oxygen atoms in total. The zero-order chi connectivity index (χ0) is 15.2. The quantitative estimate of drug-likeness (QED) is 0.606. The van der Waals surface area contributed by atoms with E-state index in [1.165, 1.54) is 11.1 Å². The Hall–Kier alpha value is -2.18. The van der Waals surface area contributed by atoms with Gasteiger partial charge in [-0.2, -0.15) is 9.98 Å². The largest absolute Gasteiger partial charge is 0.187 e. The normalized spacial score (nSPS) is 10.6. The van der Waals surface area contributed by atoms with E-state index in [1.807, 2.05) is 36.4 Å². The Morgan fingerprint density at radius 1 is 0.667 bits per heavy atom. The Morgan fingerprint density at radius 3 is 1.43 bits per heavy atom. The molecule has 2 heteroatoms. The maximum absolute atomic E-state index is 4.41. The molecule has 0 aliphatic rings. The van der Waals surface area contributed by atoms with E-state index in [1.54, 1.807) is 0 Å². The molecule has 0 aliphatic heterocycles. The predicted molar refractivity (Wildman–Crippen MR) is 90.2 cm³/mol. The Labute approximate surface area is 127 Å². The SMILES string of the molecule is CC(C)c1ccccc1N=C=Nc1ccccc1C(C)C. The summed E-state index contributed by atoms with van der Waals surface area (Å²) in [5.74, 6) is 0.879. The summed E-state index contributed by atoms with van der Waals surface area (Å²) in [6.07, 6.45) is 0. The van der Waals surface area contributed by atoms with Crippen molar-refractivity contribution in [3.63, 3.8) is 0 Å². The van der Waals surface area contributed by atoms with Gasteiger partial charge in [-0.1, -0.05) is 64.1 Å². The lowest BCUT2D eigenvalue weighted by Crippen LogP contribution is -1.87. The highest BCUT2D eigenvalue weighted by Gasteiger charge is 2.05. The van der Waals surface area contributed by atoms with Crippen LogP contribution in [0.25, 0.3) is 0 Å². The van der Waals surface area contributed by atoms with Gasteiger partial charge in [0.05, 0.1) is 11.4 Å². The fraction of sp³-hybridized carbons (Fsp3) is 0.316. The zero-order valence-corrected chi connectivity index (χ0v) is 13.2. The molecule has 0 saturated heterocycles. The maximum atomic E-state index is 4.41. The molecule has 0 atom stereocenters. The molecule has 2 aromatic carbocycles. The smallest absolute Gasteiger partial charge is 0.100 e. The summed E-state index contributed by atoms with van der Waals surface area (Å²) in [4.78, 5) is 8.81. The molecule has 0 bridgehead atoms. The maximum Gasteiger partial charge on any atom is 0.100 e. The highest BCUT2D eigenvalue weighted by Crippen LogP contribution is 2.27. The summed E-state index contributed by atoms with van der Waals surface area (Å²) in [6, 6.07) is 19.2. The highest BCUT2D eigenvalue weighted by atomic mass is 14.8. The second-order valence-electron chi connectivity index (χ2n) is 5.75. The lowest BCUT2D eigenvalue weighted by molar-refractivity contribution is 0.866. The van der Waals surface area contributed by atoms with Crippen molar-refractivity contribution in [3.05, 3.63) is 59.7 Å². The van der Waals surface area contributed by atoms with Gasteiger partial charge in [-0.05, 0) is 35.1 Å². The van der Waals surface area contributed by atoms with E-state index in [-0.39, 0.29) is 0 Å². The van der Waals surface area contributed by atoms with Crippen molar-refractivity contribution in [2.75, 3.05) is 0 Å². The number of hydrogen-bond acceptors (Lipinski definition) is 2. The fourth-order valence-electron chi connectivity index (χ4n) is 2.29. The lowest BCUT2D eigenvalue weighted by atomic mass is 10.0. The van der Waals surface area contributed by atoms with Gasteiger partial charge in [0.15, 0.2) is 0 Å². The monoisotopic (exact) mass is 278 g/mol. The summed E-state index contributed by atoms with van der Waals surface area (Å²) >= 11 is 0. The Bertz CT molecular complexity index is 607. The van der Waals surface area contributed by atoms with Crippen molar-refractivity contribution in [1.29, 1.82) is 0 Å². The number of aliphatic imine (C=N–C) groups is 2. The summed E-state index contributed by atoms with van der Waals surface area (Å²) in [7, 11) is 0. The lowest BCUT2D eigenvalue weighted by Gasteiger charge is -2.07. The molecule has 21 heavy (non-hydrogen) atoms. The third-order valence-corrected chi connectivity index (χ3v) is 3.46. The molecule has 0 aliphatic carbocycles. The standard InChI is InChI=1S/C19H22N2/c1-14(2)16-9-5-7-11-18(16)20-13-21-19-12-8-6-10-17(19)15(3)4/h5-12,14-15H,1-4H3. The number of nitrogens with zero attached hydrogens (tertiary/aromatic N) is 2. The van der Waals surface area contributed by atoms with Crippen LogP contribution in [0.5, 0.6) is 0 Å². The van der Waals surface area contributed by atoms with Gasteiger partial charge in [0, 0.05) is 0 Å². The van der Waals surface area contributed by atoms with E-state index in [0.29, 0.717) is 11.8 Å². The van der Waals surface area contributed by atoms with Crippen LogP contribution in [-0.2, 0) is 0 Å².